The maximum absolute atomic E-state index is 13.2. The maximum atomic E-state index is 13.2. The number of ether oxygens (including phenoxy) is 1. The highest BCUT2D eigenvalue weighted by Gasteiger charge is 2.25. The van der Waals surface area contributed by atoms with Crippen molar-refractivity contribution in [3.8, 4) is 11.1 Å². The quantitative estimate of drug-likeness (QED) is 0.736. The summed E-state index contributed by atoms with van der Waals surface area (Å²) in [6.45, 7) is 5.58. The molecule has 1 fully saturated rings. The van der Waals surface area contributed by atoms with Crippen molar-refractivity contribution in [2.75, 3.05) is 25.0 Å². The Morgan fingerprint density at radius 2 is 1.69 bits per heavy atom. The molecule has 6 nitrogen and oxygen atoms in total. The van der Waals surface area contributed by atoms with Crippen LogP contribution in [0.3, 0.4) is 0 Å². The number of amides is 1. The van der Waals surface area contributed by atoms with Gasteiger partial charge in [-0.2, -0.15) is 0 Å². The average Bonchev–Trinajstić information content (AvgIpc) is 2.68. The van der Waals surface area contributed by atoms with Crippen molar-refractivity contribution in [1.29, 1.82) is 0 Å². The van der Waals surface area contributed by atoms with Gasteiger partial charge in [0.2, 0.25) is 17.2 Å². The summed E-state index contributed by atoms with van der Waals surface area (Å²) in [5.41, 5.74) is 1.35. The number of benzene rings is 2. The molecule has 0 bridgehead atoms. The van der Waals surface area contributed by atoms with Crippen molar-refractivity contribution in [2.24, 2.45) is 0 Å². The monoisotopic (exact) mass is 392 g/mol. The third kappa shape index (κ3) is 4.23. The van der Waals surface area contributed by atoms with E-state index in [1.54, 1.807) is 24.3 Å². The Bertz CT molecular complexity index is 1070. The van der Waals surface area contributed by atoms with Gasteiger partial charge in [0.15, 0.2) is 0 Å². The number of hydrogen-bond donors (Lipinski definition) is 1. The standard InChI is InChI=1S/C23H24N2O4/c1-15-12-25(13-16(2)28-15)14-20(26)24-23-21(17-8-4-3-5-9-17)22(27)18-10-6-7-11-19(18)29-23/h3-11,15-16H,12-14H2,1-2H3,(H,24,26)/t15-,16+. The second-order valence-corrected chi connectivity index (χ2v) is 7.50. The Morgan fingerprint density at radius 3 is 2.41 bits per heavy atom. The lowest BCUT2D eigenvalue weighted by Crippen LogP contribution is -2.48. The second-order valence-electron chi connectivity index (χ2n) is 7.50. The first-order valence-corrected chi connectivity index (χ1v) is 9.80. The van der Waals surface area contributed by atoms with Gasteiger partial charge in [0.25, 0.3) is 0 Å². The maximum Gasteiger partial charge on any atom is 0.240 e. The molecular formula is C23H24N2O4. The zero-order valence-corrected chi connectivity index (χ0v) is 16.6. The fourth-order valence-electron chi connectivity index (χ4n) is 3.88. The lowest BCUT2D eigenvalue weighted by atomic mass is 10.0. The summed E-state index contributed by atoms with van der Waals surface area (Å²) < 4.78 is 11.7. The highest BCUT2D eigenvalue weighted by atomic mass is 16.5. The normalized spacial score (nSPS) is 19.9. The van der Waals surface area contributed by atoms with Gasteiger partial charge >= 0.3 is 0 Å². The van der Waals surface area contributed by atoms with E-state index in [1.807, 2.05) is 44.2 Å². The lowest BCUT2D eigenvalue weighted by Gasteiger charge is -2.34. The number of nitrogens with zero attached hydrogens (tertiary/aromatic N) is 1. The minimum atomic E-state index is -0.220. The van der Waals surface area contributed by atoms with Gasteiger partial charge in [-0.15, -0.1) is 0 Å². The number of anilines is 1. The molecule has 2 atom stereocenters. The summed E-state index contributed by atoms with van der Waals surface area (Å²) >= 11 is 0. The Morgan fingerprint density at radius 1 is 1.03 bits per heavy atom. The molecule has 0 spiro atoms. The zero-order chi connectivity index (χ0) is 20.4. The van der Waals surface area contributed by atoms with Crippen molar-refractivity contribution >= 4 is 22.8 Å². The van der Waals surface area contributed by atoms with Crippen LogP contribution >= 0.6 is 0 Å². The Hall–Kier alpha value is -2.96. The average molecular weight is 392 g/mol. The molecule has 150 valence electrons. The van der Waals surface area contributed by atoms with Crippen LogP contribution < -0.4 is 10.7 Å². The number of nitrogens with one attached hydrogen (secondary N) is 1. The van der Waals surface area contributed by atoms with E-state index in [0.29, 0.717) is 35.2 Å². The Labute approximate surface area is 169 Å². The SMILES string of the molecule is C[C@@H]1CN(CC(=O)Nc2oc3ccccc3c(=O)c2-c2ccccc2)C[C@H](C)O1. The number of rotatable bonds is 4. The molecule has 1 N–H and O–H groups in total. The summed E-state index contributed by atoms with van der Waals surface area (Å²) in [5, 5.41) is 3.32. The van der Waals surface area contributed by atoms with Crippen LogP contribution in [0.4, 0.5) is 5.88 Å². The van der Waals surface area contributed by atoms with Gasteiger partial charge < -0.3 is 9.15 Å². The first kappa shape index (κ1) is 19.4. The molecule has 2 aromatic carbocycles. The van der Waals surface area contributed by atoms with Crippen LogP contribution in [0.5, 0.6) is 0 Å². The van der Waals surface area contributed by atoms with Crippen LogP contribution in [-0.4, -0.2) is 42.6 Å². The van der Waals surface area contributed by atoms with E-state index < -0.39 is 0 Å². The zero-order valence-electron chi connectivity index (χ0n) is 16.6. The van der Waals surface area contributed by atoms with Crippen molar-refractivity contribution in [3.05, 3.63) is 64.8 Å². The number of carbonyl (C=O) groups is 1. The van der Waals surface area contributed by atoms with Crippen LogP contribution in [-0.2, 0) is 9.53 Å². The molecule has 1 aromatic heterocycles. The summed E-state index contributed by atoms with van der Waals surface area (Å²) in [4.78, 5) is 28.0. The van der Waals surface area contributed by atoms with Gasteiger partial charge in [-0.3, -0.25) is 19.8 Å². The number of carbonyl (C=O) groups excluding carboxylic acids is 1. The number of fused-ring (bicyclic) bond motifs is 1. The third-order valence-electron chi connectivity index (χ3n) is 4.98. The minimum absolute atomic E-state index is 0.0741. The summed E-state index contributed by atoms with van der Waals surface area (Å²) in [5.74, 6) is -0.0406. The molecule has 2 heterocycles. The Balaban J connectivity index is 1.67. The van der Waals surface area contributed by atoms with Crippen LogP contribution in [0.2, 0.25) is 0 Å². The molecule has 0 saturated carbocycles. The van der Waals surface area contributed by atoms with Gasteiger partial charge in [-0.25, -0.2) is 0 Å². The van der Waals surface area contributed by atoms with Crippen molar-refractivity contribution in [2.45, 2.75) is 26.1 Å². The van der Waals surface area contributed by atoms with E-state index in [2.05, 4.69) is 10.2 Å². The highest BCUT2D eigenvalue weighted by molar-refractivity contribution is 5.97. The fraction of sp³-hybridized carbons (Fsp3) is 0.304. The van der Waals surface area contributed by atoms with Crippen molar-refractivity contribution < 1.29 is 13.9 Å². The van der Waals surface area contributed by atoms with Crippen LogP contribution in [0.1, 0.15) is 13.8 Å². The molecule has 6 heteroatoms. The van der Waals surface area contributed by atoms with Gasteiger partial charge in [0.05, 0.1) is 29.7 Å². The molecule has 1 saturated heterocycles. The van der Waals surface area contributed by atoms with Gasteiger partial charge in [0.1, 0.15) is 5.58 Å². The molecule has 3 aromatic rings. The molecule has 0 unspecified atom stereocenters. The first-order valence-electron chi connectivity index (χ1n) is 9.80. The van der Waals surface area contributed by atoms with Crippen LogP contribution in [0, 0.1) is 0 Å². The molecular weight excluding hydrogens is 368 g/mol. The summed E-state index contributed by atoms with van der Waals surface area (Å²) in [6, 6.07) is 16.3. The smallest absolute Gasteiger partial charge is 0.240 e. The van der Waals surface area contributed by atoms with Crippen LogP contribution in [0.25, 0.3) is 22.1 Å². The van der Waals surface area contributed by atoms with E-state index in [4.69, 9.17) is 9.15 Å². The third-order valence-corrected chi connectivity index (χ3v) is 4.98. The second kappa shape index (κ2) is 8.19. The van der Waals surface area contributed by atoms with Crippen molar-refractivity contribution in [3.63, 3.8) is 0 Å². The number of hydrogen-bond acceptors (Lipinski definition) is 5. The van der Waals surface area contributed by atoms with Crippen LogP contribution in [0.15, 0.2) is 63.8 Å². The number of para-hydroxylation sites is 1. The predicted octanol–water partition coefficient (Wildman–Crippen LogP) is 3.51. The molecule has 29 heavy (non-hydrogen) atoms. The summed E-state index contributed by atoms with van der Waals surface area (Å²) in [7, 11) is 0. The molecule has 4 rings (SSSR count). The van der Waals surface area contributed by atoms with E-state index in [9.17, 15) is 9.59 Å². The van der Waals surface area contributed by atoms with Gasteiger partial charge in [-0.05, 0) is 31.5 Å². The van der Waals surface area contributed by atoms with E-state index in [1.165, 1.54) is 0 Å². The molecule has 0 radical (unpaired) electrons. The van der Waals surface area contributed by atoms with Crippen molar-refractivity contribution in [1.82, 2.24) is 4.90 Å². The topological polar surface area (TPSA) is 71.8 Å². The molecule has 1 amide bonds. The molecule has 1 aliphatic rings. The largest absolute Gasteiger partial charge is 0.439 e. The number of morpholine rings is 1. The van der Waals surface area contributed by atoms with E-state index in [0.717, 1.165) is 0 Å². The Kier molecular flexibility index (Phi) is 5.47. The van der Waals surface area contributed by atoms with E-state index in [-0.39, 0.29) is 36.0 Å². The summed E-state index contributed by atoms with van der Waals surface area (Å²) in [6.07, 6.45) is 0.148. The first-order chi connectivity index (χ1) is 14.0. The highest BCUT2D eigenvalue weighted by Crippen LogP contribution is 2.28. The van der Waals surface area contributed by atoms with E-state index >= 15 is 0 Å². The van der Waals surface area contributed by atoms with Gasteiger partial charge in [0, 0.05) is 13.1 Å². The fourth-order valence-corrected chi connectivity index (χ4v) is 3.88. The molecule has 1 aliphatic heterocycles. The van der Waals surface area contributed by atoms with Gasteiger partial charge in [-0.1, -0.05) is 42.5 Å². The minimum Gasteiger partial charge on any atom is -0.439 e. The lowest BCUT2D eigenvalue weighted by molar-refractivity contribution is -0.121. The predicted molar refractivity (Wildman–Crippen MR) is 113 cm³/mol. The molecule has 0 aliphatic carbocycles.